The molecule has 0 fully saturated rings. The van der Waals surface area contributed by atoms with Crippen LogP contribution in [0.3, 0.4) is 0 Å². The van der Waals surface area contributed by atoms with Crippen LogP contribution in [0.5, 0.6) is 0 Å². The van der Waals surface area contributed by atoms with Gasteiger partial charge in [-0.25, -0.2) is 0 Å². The zero-order chi connectivity index (χ0) is 16.2. The minimum absolute atomic E-state index is 0.0314. The fraction of sp³-hybridized carbons (Fsp3) is 0.235. The van der Waals surface area contributed by atoms with Gasteiger partial charge >= 0.3 is 0 Å². The van der Waals surface area contributed by atoms with Crippen molar-refractivity contribution in [3.05, 3.63) is 65.5 Å². The molecule has 0 saturated carbocycles. The number of benzene rings is 1. The van der Waals surface area contributed by atoms with Crippen molar-refractivity contribution in [2.45, 2.75) is 12.2 Å². The second-order valence-corrected chi connectivity index (χ2v) is 4.86. The molecule has 5 heteroatoms. The van der Waals surface area contributed by atoms with Crippen LogP contribution >= 0.6 is 0 Å². The highest BCUT2D eigenvalue weighted by atomic mass is 16.6. The summed E-state index contributed by atoms with van der Waals surface area (Å²) in [4.78, 5) is 12.1. The zero-order valence-electron chi connectivity index (χ0n) is 12.4. The minimum atomic E-state index is -1.66. The number of aliphatic hydroxyl groups excluding tert-OH is 1. The fourth-order valence-corrected chi connectivity index (χ4v) is 2.14. The number of carbonyl (C=O) groups excluding carboxylic acids is 1. The monoisotopic (exact) mass is 302 g/mol. The number of methoxy groups -OCH3 is 2. The van der Waals surface area contributed by atoms with Crippen molar-refractivity contribution in [3.8, 4) is 0 Å². The largest absolute Gasteiger partial charge is 0.507 e. The van der Waals surface area contributed by atoms with E-state index in [9.17, 15) is 15.0 Å². The summed E-state index contributed by atoms with van der Waals surface area (Å²) in [5, 5.41) is 20.0. The quantitative estimate of drug-likeness (QED) is 0.507. The Kier molecular flexibility index (Phi) is 4.80. The van der Waals surface area contributed by atoms with Crippen LogP contribution in [0.1, 0.15) is 12.0 Å². The highest BCUT2D eigenvalue weighted by Gasteiger charge is 2.36. The number of ether oxygens (including phenoxy) is 2. The lowest BCUT2D eigenvalue weighted by Gasteiger charge is -2.28. The first kappa shape index (κ1) is 16.0. The summed E-state index contributed by atoms with van der Waals surface area (Å²) >= 11 is 0. The summed E-state index contributed by atoms with van der Waals surface area (Å²) < 4.78 is 10.0. The number of hydrogen-bond donors (Lipinski definition) is 2. The van der Waals surface area contributed by atoms with Crippen molar-refractivity contribution in [2.75, 3.05) is 14.2 Å². The fourth-order valence-electron chi connectivity index (χ4n) is 2.14. The van der Waals surface area contributed by atoms with E-state index in [1.165, 1.54) is 32.4 Å². The molecule has 22 heavy (non-hydrogen) atoms. The normalized spacial score (nSPS) is 24.3. The van der Waals surface area contributed by atoms with Gasteiger partial charge in [0.1, 0.15) is 11.5 Å². The van der Waals surface area contributed by atoms with Gasteiger partial charge in [-0.15, -0.1) is 0 Å². The average molecular weight is 302 g/mol. The molecule has 0 heterocycles. The Morgan fingerprint density at radius 1 is 1.27 bits per heavy atom. The van der Waals surface area contributed by atoms with E-state index in [-0.39, 0.29) is 29.3 Å². The standard InChI is InChI=1S/C17H18O5/c1-21-16-11-17(20,22-2)10-15(19)13(16)8-9-14(18)12-6-4-3-5-7-12/h3-9,11,18,20H,10H2,1-2H3. The first-order chi connectivity index (χ1) is 10.5. The first-order valence-corrected chi connectivity index (χ1v) is 6.73. The predicted octanol–water partition coefficient (Wildman–Crippen LogP) is 2.35. The van der Waals surface area contributed by atoms with Crippen molar-refractivity contribution >= 4 is 11.5 Å². The highest BCUT2D eigenvalue weighted by Crippen LogP contribution is 2.29. The van der Waals surface area contributed by atoms with Gasteiger partial charge in [0.15, 0.2) is 11.6 Å². The Labute approximate surface area is 128 Å². The number of ketones is 1. The number of carbonyl (C=O) groups is 1. The second kappa shape index (κ2) is 6.60. The molecule has 1 aromatic carbocycles. The van der Waals surface area contributed by atoms with E-state index in [2.05, 4.69) is 0 Å². The molecule has 0 aromatic heterocycles. The highest BCUT2D eigenvalue weighted by molar-refractivity contribution is 6.01. The van der Waals surface area contributed by atoms with Crippen LogP contribution in [0.4, 0.5) is 0 Å². The Morgan fingerprint density at radius 2 is 1.95 bits per heavy atom. The molecule has 0 saturated heterocycles. The summed E-state index contributed by atoms with van der Waals surface area (Å²) in [6, 6.07) is 8.96. The molecule has 5 nitrogen and oxygen atoms in total. The molecule has 2 rings (SSSR count). The number of aliphatic hydroxyl groups is 2. The maximum Gasteiger partial charge on any atom is 0.196 e. The zero-order valence-corrected chi connectivity index (χ0v) is 12.4. The van der Waals surface area contributed by atoms with Crippen LogP contribution in [0.2, 0.25) is 0 Å². The van der Waals surface area contributed by atoms with Gasteiger partial charge in [-0.3, -0.25) is 4.79 Å². The lowest BCUT2D eigenvalue weighted by atomic mass is 9.93. The van der Waals surface area contributed by atoms with Gasteiger partial charge in [-0.1, -0.05) is 30.3 Å². The first-order valence-electron chi connectivity index (χ1n) is 6.73. The Morgan fingerprint density at radius 3 is 2.55 bits per heavy atom. The van der Waals surface area contributed by atoms with Gasteiger partial charge in [-0.05, 0) is 12.2 Å². The number of hydrogen-bond acceptors (Lipinski definition) is 5. The van der Waals surface area contributed by atoms with E-state index >= 15 is 0 Å². The second-order valence-electron chi connectivity index (χ2n) is 4.86. The molecule has 0 radical (unpaired) electrons. The van der Waals surface area contributed by atoms with E-state index in [4.69, 9.17) is 9.47 Å². The van der Waals surface area contributed by atoms with Gasteiger partial charge in [0.25, 0.3) is 0 Å². The van der Waals surface area contributed by atoms with Crippen LogP contribution in [0, 0.1) is 0 Å². The molecule has 0 aliphatic heterocycles. The van der Waals surface area contributed by atoms with E-state index < -0.39 is 5.79 Å². The molecule has 1 aliphatic rings. The maximum atomic E-state index is 12.1. The summed E-state index contributed by atoms with van der Waals surface area (Å²) in [7, 11) is 2.71. The van der Waals surface area contributed by atoms with Crippen LogP contribution in [-0.2, 0) is 14.3 Å². The lowest BCUT2D eigenvalue weighted by molar-refractivity contribution is -0.162. The van der Waals surface area contributed by atoms with Gasteiger partial charge in [0, 0.05) is 18.7 Å². The van der Waals surface area contributed by atoms with Crippen molar-refractivity contribution in [3.63, 3.8) is 0 Å². The van der Waals surface area contributed by atoms with Crippen molar-refractivity contribution < 1.29 is 24.5 Å². The number of Topliss-reactive ketones (excluding diaryl/α,β-unsaturated/α-hetero) is 1. The van der Waals surface area contributed by atoms with Gasteiger partial charge < -0.3 is 19.7 Å². The molecular weight excluding hydrogens is 284 g/mol. The molecule has 116 valence electrons. The Bertz CT molecular complexity index is 642. The smallest absolute Gasteiger partial charge is 0.196 e. The predicted molar refractivity (Wildman–Crippen MR) is 81.8 cm³/mol. The SMILES string of the molecule is COC1=CC(O)(OC)CC(=O)C1=CC=C(O)c1ccccc1. The van der Waals surface area contributed by atoms with Crippen molar-refractivity contribution in [1.29, 1.82) is 0 Å². The Hall–Kier alpha value is -2.37. The van der Waals surface area contributed by atoms with Crippen molar-refractivity contribution in [1.82, 2.24) is 0 Å². The van der Waals surface area contributed by atoms with Crippen LogP contribution in [-0.4, -0.2) is 36.0 Å². The molecule has 0 spiro atoms. The molecule has 1 atom stereocenters. The molecule has 2 N–H and O–H groups in total. The molecule has 1 aromatic rings. The third-order valence-corrected chi connectivity index (χ3v) is 3.39. The summed E-state index contributed by atoms with van der Waals surface area (Å²) in [5.74, 6) is -1.76. The third-order valence-electron chi connectivity index (χ3n) is 3.39. The average Bonchev–Trinajstić information content (AvgIpc) is 2.54. The molecule has 0 bridgehead atoms. The summed E-state index contributed by atoms with van der Waals surface area (Å²) in [6.45, 7) is 0. The van der Waals surface area contributed by atoms with E-state index in [1.807, 2.05) is 6.07 Å². The number of allylic oxidation sites excluding steroid dienone is 3. The molecule has 0 amide bonds. The molecular formula is C17H18O5. The topological polar surface area (TPSA) is 76.0 Å². The van der Waals surface area contributed by atoms with Crippen LogP contribution in [0.25, 0.3) is 5.76 Å². The minimum Gasteiger partial charge on any atom is -0.507 e. The van der Waals surface area contributed by atoms with Crippen LogP contribution in [0.15, 0.2) is 59.9 Å². The Balaban J connectivity index is 2.34. The van der Waals surface area contributed by atoms with Gasteiger partial charge in [-0.2, -0.15) is 0 Å². The van der Waals surface area contributed by atoms with Crippen LogP contribution < -0.4 is 0 Å². The van der Waals surface area contributed by atoms with Gasteiger partial charge in [0.05, 0.1) is 19.1 Å². The van der Waals surface area contributed by atoms with E-state index in [1.54, 1.807) is 24.3 Å². The van der Waals surface area contributed by atoms with E-state index in [0.29, 0.717) is 5.56 Å². The van der Waals surface area contributed by atoms with Gasteiger partial charge in [0.2, 0.25) is 0 Å². The van der Waals surface area contributed by atoms with E-state index in [0.717, 1.165) is 0 Å². The molecule has 1 unspecified atom stereocenters. The summed E-state index contributed by atoms with van der Waals surface area (Å²) in [6.07, 6.45) is 4.03. The maximum absolute atomic E-state index is 12.1. The molecule has 1 aliphatic carbocycles. The number of rotatable bonds is 4. The summed E-state index contributed by atoms with van der Waals surface area (Å²) in [5.41, 5.74) is 0.908. The van der Waals surface area contributed by atoms with Crippen molar-refractivity contribution in [2.24, 2.45) is 0 Å². The third kappa shape index (κ3) is 3.44. The lowest BCUT2D eigenvalue weighted by Crippen LogP contribution is -2.36.